The van der Waals surface area contributed by atoms with Gasteiger partial charge in [0.1, 0.15) is 0 Å². The van der Waals surface area contributed by atoms with Gasteiger partial charge in [-0.3, -0.25) is 4.79 Å². The Labute approximate surface area is 104 Å². The smallest absolute Gasteiger partial charge is 0.234 e. The molecule has 0 rings (SSSR count). The first-order chi connectivity index (χ1) is 8.11. The van der Waals surface area contributed by atoms with Crippen LogP contribution < -0.4 is 10.6 Å². The Morgan fingerprint density at radius 1 is 1.35 bits per heavy atom. The van der Waals surface area contributed by atoms with Gasteiger partial charge in [0, 0.05) is 26.3 Å². The molecule has 0 saturated heterocycles. The molecule has 0 bridgehead atoms. The second-order valence-electron chi connectivity index (χ2n) is 4.23. The molecule has 0 heterocycles. The second-order valence-corrected chi connectivity index (χ2v) is 4.23. The summed E-state index contributed by atoms with van der Waals surface area (Å²) in [6.45, 7) is 8.94. The molecule has 0 aromatic rings. The number of ether oxygens (including phenoxy) is 2. The van der Waals surface area contributed by atoms with Crippen molar-refractivity contribution in [1.29, 1.82) is 0 Å². The van der Waals surface area contributed by atoms with Crippen molar-refractivity contribution >= 4 is 5.91 Å². The lowest BCUT2D eigenvalue weighted by atomic mass is 10.1. The van der Waals surface area contributed by atoms with Crippen molar-refractivity contribution in [1.82, 2.24) is 10.6 Å². The molecule has 1 unspecified atom stereocenters. The maximum Gasteiger partial charge on any atom is 0.234 e. The van der Waals surface area contributed by atoms with Crippen LogP contribution in [0.5, 0.6) is 0 Å². The first-order valence-electron chi connectivity index (χ1n) is 6.18. The SMILES string of the molecule is CCOCC(NCC(=O)NCCOC)C(C)C. The van der Waals surface area contributed by atoms with Gasteiger partial charge in [0.05, 0.1) is 19.8 Å². The van der Waals surface area contributed by atoms with E-state index >= 15 is 0 Å². The van der Waals surface area contributed by atoms with E-state index in [9.17, 15) is 4.79 Å². The van der Waals surface area contributed by atoms with E-state index in [0.717, 1.165) is 0 Å². The van der Waals surface area contributed by atoms with Crippen LogP contribution in [0.15, 0.2) is 0 Å². The van der Waals surface area contributed by atoms with E-state index in [1.165, 1.54) is 0 Å². The van der Waals surface area contributed by atoms with Crippen LogP contribution in [0.2, 0.25) is 0 Å². The Morgan fingerprint density at radius 3 is 2.59 bits per heavy atom. The first kappa shape index (κ1) is 16.4. The monoisotopic (exact) mass is 246 g/mol. The largest absolute Gasteiger partial charge is 0.383 e. The molecule has 102 valence electrons. The minimum Gasteiger partial charge on any atom is -0.383 e. The van der Waals surface area contributed by atoms with E-state index < -0.39 is 0 Å². The van der Waals surface area contributed by atoms with Gasteiger partial charge in [-0.15, -0.1) is 0 Å². The lowest BCUT2D eigenvalue weighted by Gasteiger charge is -2.21. The van der Waals surface area contributed by atoms with Crippen LogP contribution in [-0.4, -0.2) is 52.0 Å². The Hall–Kier alpha value is -0.650. The molecule has 0 radical (unpaired) electrons. The number of methoxy groups -OCH3 is 1. The van der Waals surface area contributed by atoms with Gasteiger partial charge in [0.15, 0.2) is 0 Å². The summed E-state index contributed by atoms with van der Waals surface area (Å²) in [5.74, 6) is 0.428. The highest BCUT2D eigenvalue weighted by atomic mass is 16.5. The molecule has 0 aromatic carbocycles. The van der Waals surface area contributed by atoms with Crippen molar-refractivity contribution in [2.45, 2.75) is 26.8 Å². The van der Waals surface area contributed by atoms with E-state index in [1.807, 2.05) is 6.92 Å². The molecule has 1 atom stereocenters. The second kappa shape index (κ2) is 10.5. The fraction of sp³-hybridized carbons (Fsp3) is 0.917. The lowest BCUT2D eigenvalue weighted by Crippen LogP contribution is -2.44. The predicted octanol–water partition coefficient (Wildman–Crippen LogP) is 0.400. The van der Waals surface area contributed by atoms with Crippen LogP contribution in [0.25, 0.3) is 0 Å². The molecule has 0 aliphatic carbocycles. The summed E-state index contributed by atoms with van der Waals surface area (Å²) in [4.78, 5) is 11.4. The molecule has 0 fully saturated rings. The van der Waals surface area contributed by atoms with Crippen LogP contribution in [0.3, 0.4) is 0 Å². The van der Waals surface area contributed by atoms with Crippen LogP contribution in [0.1, 0.15) is 20.8 Å². The van der Waals surface area contributed by atoms with E-state index in [4.69, 9.17) is 9.47 Å². The quantitative estimate of drug-likeness (QED) is 0.548. The van der Waals surface area contributed by atoms with Crippen molar-refractivity contribution in [2.75, 3.05) is 40.0 Å². The Kier molecular flexibility index (Phi) is 10.1. The molecule has 5 nitrogen and oxygen atoms in total. The Bertz CT molecular complexity index is 198. The number of rotatable bonds is 10. The number of amides is 1. The molecule has 2 N–H and O–H groups in total. The maximum atomic E-state index is 11.4. The van der Waals surface area contributed by atoms with Crippen molar-refractivity contribution < 1.29 is 14.3 Å². The highest BCUT2D eigenvalue weighted by molar-refractivity contribution is 5.77. The van der Waals surface area contributed by atoms with Crippen molar-refractivity contribution in [3.8, 4) is 0 Å². The molecule has 17 heavy (non-hydrogen) atoms. The predicted molar refractivity (Wildman–Crippen MR) is 68.0 cm³/mol. The summed E-state index contributed by atoms with van der Waals surface area (Å²) in [6.07, 6.45) is 0. The molecular weight excluding hydrogens is 220 g/mol. The van der Waals surface area contributed by atoms with Gasteiger partial charge in [-0.1, -0.05) is 13.8 Å². The van der Waals surface area contributed by atoms with Gasteiger partial charge in [0.25, 0.3) is 0 Å². The van der Waals surface area contributed by atoms with Crippen molar-refractivity contribution in [2.24, 2.45) is 5.92 Å². The van der Waals surface area contributed by atoms with E-state index in [2.05, 4.69) is 24.5 Å². The molecule has 0 aromatic heterocycles. The summed E-state index contributed by atoms with van der Waals surface area (Å²) in [5, 5.41) is 5.97. The fourth-order valence-corrected chi connectivity index (χ4v) is 1.31. The number of carbonyl (C=O) groups excluding carboxylic acids is 1. The lowest BCUT2D eigenvalue weighted by molar-refractivity contribution is -0.120. The van der Waals surface area contributed by atoms with E-state index in [0.29, 0.717) is 38.8 Å². The third-order valence-corrected chi connectivity index (χ3v) is 2.46. The molecule has 0 saturated carbocycles. The summed E-state index contributed by atoms with van der Waals surface area (Å²) in [6, 6.07) is 0.211. The van der Waals surface area contributed by atoms with Gasteiger partial charge in [-0.2, -0.15) is 0 Å². The zero-order valence-corrected chi connectivity index (χ0v) is 11.4. The number of hydrogen-bond donors (Lipinski definition) is 2. The third-order valence-electron chi connectivity index (χ3n) is 2.46. The van der Waals surface area contributed by atoms with Crippen molar-refractivity contribution in [3.05, 3.63) is 0 Å². The number of hydrogen-bond acceptors (Lipinski definition) is 4. The zero-order chi connectivity index (χ0) is 13.1. The normalized spacial score (nSPS) is 12.8. The Morgan fingerprint density at radius 2 is 2.06 bits per heavy atom. The summed E-state index contributed by atoms with van der Waals surface area (Å²) in [5.41, 5.74) is 0. The average molecular weight is 246 g/mol. The summed E-state index contributed by atoms with van der Waals surface area (Å²) < 4.78 is 10.2. The highest BCUT2D eigenvalue weighted by Gasteiger charge is 2.13. The van der Waals surface area contributed by atoms with Gasteiger partial charge in [-0.05, 0) is 12.8 Å². The molecule has 5 heteroatoms. The van der Waals surface area contributed by atoms with Crippen LogP contribution >= 0.6 is 0 Å². The standard InChI is InChI=1S/C12H26N2O3/c1-5-17-9-11(10(2)3)14-8-12(15)13-6-7-16-4/h10-11,14H,5-9H2,1-4H3,(H,13,15). The first-order valence-corrected chi connectivity index (χ1v) is 6.18. The van der Waals surface area contributed by atoms with E-state index in [-0.39, 0.29) is 11.9 Å². The average Bonchev–Trinajstić information content (AvgIpc) is 2.29. The van der Waals surface area contributed by atoms with Crippen molar-refractivity contribution in [3.63, 3.8) is 0 Å². The zero-order valence-electron chi connectivity index (χ0n) is 11.4. The van der Waals surface area contributed by atoms with Crippen LogP contribution in [0.4, 0.5) is 0 Å². The summed E-state index contributed by atoms with van der Waals surface area (Å²) >= 11 is 0. The third kappa shape index (κ3) is 9.09. The van der Waals surface area contributed by atoms with Crippen LogP contribution in [-0.2, 0) is 14.3 Å². The fourth-order valence-electron chi connectivity index (χ4n) is 1.31. The Balaban J connectivity index is 3.75. The van der Waals surface area contributed by atoms with Gasteiger partial charge >= 0.3 is 0 Å². The van der Waals surface area contributed by atoms with Crippen LogP contribution in [0, 0.1) is 5.92 Å². The minimum atomic E-state index is -0.0100. The molecule has 0 aliphatic heterocycles. The number of nitrogens with one attached hydrogen (secondary N) is 2. The number of carbonyl (C=O) groups is 1. The molecule has 0 spiro atoms. The van der Waals surface area contributed by atoms with Gasteiger partial charge in [0.2, 0.25) is 5.91 Å². The van der Waals surface area contributed by atoms with Gasteiger partial charge < -0.3 is 20.1 Å². The molecule has 0 aliphatic rings. The summed E-state index contributed by atoms with van der Waals surface area (Å²) in [7, 11) is 1.61. The van der Waals surface area contributed by atoms with Gasteiger partial charge in [-0.25, -0.2) is 0 Å². The van der Waals surface area contributed by atoms with E-state index in [1.54, 1.807) is 7.11 Å². The minimum absolute atomic E-state index is 0.0100. The maximum absolute atomic E-state index is 11.4. The highest BCUT2D eigenvalue weighted by Crippen LogP contribution is 2.01. The topological polar surface area (TPSA) is 59.6 Å². The molecule has 1 amide bonds. The molecular formula is C12H26N2O3.